The van der Waals surface area contributed by atoms with E-state index < -0.39 is 17.6 Å². The van der Waals surface area contributed by atoms with Crippen LogP contribution in [0.15, 0.2) is 11.6 Å². The highest BCUT2D eigenvalue weighted by molar-refractivity contribution is 5.79. The molecule has 0 aromatic rings. The van der Waals surface area contributed by atoms with Crippen molar-refractivity contribution in [2.75, 3.05) is 6.61 Å². The number of hydrogen-bond acceptors (Lipinski definition) is 6. The third-order valence-corrected chi connectivity index (χ3v) is 14.0. The molecule has 0 amide bonds. The highest BCUT2D eigenvalue weighted by atomic mass is 16.6. The maximum absolute atomic E-state index is 13.9. The van der Waals surface area contributed by atoms with E-state index in [0.29, 0.717) is 24.9 Å². The predicted octanol–water partition coefficient (Wildman–Crippen LogP) is 8.21. The number of allylic oxidation sites excluding steroid dienone is 2. The van der Waals surface area contributed by atoms with Crippen molar-refractivity contribution in [1.82, 2.24) is 0 Å². The molecule has 0 radical (unpaired) electrons. The minimum atomic E-state index is -0.468. The Bertz CT molecular complexity index is 1180. The smallest absolute Gasteiger partial charge is 0.312 e. The van der Waals surface area contributed by atoms with Crippen LogP contribution in [0.1, 0.15) is 133 Å². The number of fused-ring (bicyclic) bond motifs is 7. The van der Waals surface area contributed by atoms with Crippen LogP contribution in [0.3, 0.4) is 0 Å². The third-order valence-electron chi connectivity index (χ3n) is 14.0. The number of esters is 3. The first kappa shape index (κ1) is 32.5. The largest absolute Gasteiger partial charge is 0.465 e. The molecule has 0 N–H and O–H groups in total. The summed E-state index contributed by atoms with van der Waals surface area (Å²) < 4.78 is 17.9. The summed E-state index contributed by atoms with van der Waals surface area (Å²) in [6.45, 7) is 22.1. The summed E-state index contributed by atoms with van der Waals surface area (Å²) in [6, 6.07) is 0. The van der Waals surface area contributed by atoms with Gasteiger partial charge in [0.25, 0.3) is 0 Å². The topological polar surface area (TPSA) is 78.9 Å². The fourth-order valence-corrected chi connectivity index (χ4v) is 11.8. The SMILES string of the molecule is CCCOC(=O)[C@]12CCC(C)(C)C[C@@H]1C1=CC[C@H]3[C@@]4(C)C[C@H](OC(C)=O)[C@H](OC(C)=O)C(C)(C)[C@@H]4CC[C@@]3(C)[C@]1(C)CC2. The van der Waals surface area contributed by atoms with E-state index in [0.717, 1.165) is 57.8 Å². The molecule has 242 valence electrons. The van der Waals surface area contributed by atoms with Crippen molar-refractivity contribution >= 4 is 17.9 Å². The molecule has 0 aromatic carbocycles. The van der Waals surface area contributed by atoms with Crippen LogP contribution in [0.4, 0.5) is 0 Å². The van der Waals surface area contributed by atoms with E-state index in [9.17, 15) is 14.4 Å². The van der Waals surface area contributed by atoms with Crippen molar-refractivity contribution in [3.63, 3.8) is 0 Å². The number of hydrogen-bond donors (Lipinski definition) is 0. The van der Waals surface area contributed by atoms with E-state index in [4.69, 9.17) is 14.2 Å². The van der Waals surface area contributed by atoms with Gasteiger partial charge < -0.3 is 14.2 Å². The lowest BCUT2D eigenvalue weighted by Crippen LogP contribution is -2.67. The first-order valence-electron chi connectivity index (χ1n) is 17.1. The van der Waals surface area contributed by atoms with Crippen molar-refractivity contribution in [1.29, 1.82) is 0 Å². The van der Waals surface area contributed by atoms with Gasteiger partial charge >= 0.3 is 17.9 Å². The van der Waals surface area contributed by atoms with Gasteiger partial charge in [0.1, 0.15) is 12.2 Å². The Hall–Kier alpha value is -1.85. The number of ether oxygens (including phenoxy) is 3. The van der Waals surface area contributed by atoms with Gasteiger partial charge in [0.15, 0.2) is 0 Å². The van der Waals surface area contributed by atoms with Gasteiger partial charge in [-0.2, -0.15) is 0 Å². The molecule has 4 fully saturated rings. The molecule has 0 aliphatic heterocycles. The monoisotopic (exact) mass is 598 g/mol. The minimum Gasteiger partial charge on any atom is -0.465 e. The zero-order valence-electron chi connectivity index (χ0n) is 28.7. The summed E-state index contributed by atoms with van der Waals surface area (Å²) in [5.41, 5.74) is 0.868. The molecule has 0 heterocycles. The molecule has 5 aliphatic carbocycles. The van der Waals surface area contributed by atoms with Gasteiger partial charge in [-0.25, -0.2) is 0 Å². The lowest BCUT2D eigenvalue weighted by atomic mass is 9.33. The van der Waals surface area contributed by atoms with Gasteiger partial charge in [0, 0.05) is 19.3 Å². The molecule has 9 atom stereocenters. The number of rotatable bonds is 5. The summed E-state index contributed by atoms with van der Waals surface area (Å²) in [5, 5.41) is 0. The Morgan fingerprint density at radius 2 is 1.49 bits per heavy atom. The van der Waals surface area contributed by atoms with Crippen LogP contribution >= 0.6 is 0 Å². The Kier molecular flexibility index (Phi) is 8.03. The second-order valence-corrected chi connectivity index (χ2v) is 17.2. The highest BCUT2D eigenvalue weighted by Gasteiger charge is 2.71. The molecule has 0 unspecified atom stereocenters. The first-order valence-corrected chi connectivity index (χ1v) is 17.1. The van der Waals surface area contributed by atoms with Gasteiger partial charge in [0.2, 0.25) is 0 Å². The quantitative estimate of drug-likeness (QED) is 0.180. The summed E-state index contributed by atoms with van der Waals surface area (Å²) >= 11 is 0. The van der Waals surface area contributed by atoms with Gasteiger partial charge in [0.05, 0.1) is 12.0 Å². The number of carbonyl (C=O) groups excluding carboxylic acids is 3. The van der Waals surface area contributed by atoms with E-state index in [1.165, 1.54) is 19.4 Å². The van der Waals surface area contributed by atoms with Crippen LogP contribution < -0.4 is 0 Å². The molecule has 4 saturated carbocycles. The van der Waals surface area contributed by atoms with E-state index in [1.54, 1.807) is 0 Å². The highest BCUT2D eigenvalue weighted by Crippen LogP contribution is 2.76. The van der Waals surface area contributed by atoms with Crippen molar-refractivity contribution in [2.45, 2.75) is 146 Å². The normalized spacial score (nSPS) is 44.3. The van der Waals surface area contributed by atoms with Gasteiger partial charge in [-0.15, -0.1) is 0 Å². The third kappa shape index (κ3) is 4.82. The number of carbonyl (C=O) groups is 3. The van der Waals surface area contributed by atoms with Crippen molar-refractivity contribution in [2.24, 2.45) is 50.2 Å². The maximum Gasteiger partial charge on any atom is 0.312 e. The van der Waals surface area contributed by atoms with Crippen molar-refractivity contribution in [3.05, 3.63) is 11.6 Å². The van der Waals surface area contributed by atoms with Crippen molar-refractivity contribution < 1.29 is 28.6 Å². The van der Waals surface area contributed by atoms with Crippen LogP contribution in [-0.2, 0) is 28.6 Å². The molecular formula is C37H58O6. The molecule has 43 heavy (non-hydrogen) atoms. The summed E-state index contributed by atoms with van der Waals surface area (Å²) in [6.07, 6.45) is 11.2. The summed E-state index contributed by atoms with van der Waals surface area (Å²) in [4.78, 5) is 38.5. The Labute approximate surface area is 260 Å². The fraction of sp³-hybridized carbons (Fsp3) is 0.865. The molecule has 0 bridgehead atoms. The average molecular weight is 599 g/mol. The van der Waals surface area contributed by atoms with Crippen molar-refractivity contribution in [3.8, 4) is 0 Å². The molecule has 5 aliphatic rings. The fourth-order valence-electron chi connectivity index (χ4n) is 11.8. The molecule has 0 saturated heterocycles. The first-order chi connectivity index (χ1) is 19.9. The standard InChI is InChI=1S/C37H58O6/c1-11-20-41-31(40)37-18-16-32(4,5)21-26(37)25-12-13-29-34(8)22-27(42-23(2)38)30(43-24(3)39)33(6,7)28(34)14-15-36(29,10)35(25,9)17-19-37/h12,26-30H,11,13-22H2,1-10H3/t26-,27+,28+,29+,30+,34+,35-,36-,37+/m1/s1. The van der Waals surface area contributed by atoms with Gasteiger partial charge in [-0.1, -0.05) is 67.0 Å². The van der Waals surface area contributed by atoms with E-state index in [-0.39, 0.29) is 50.9 Å². The summed E-state index contributed by atoms with van der Waals surface area (Å²) in [5.74, 6) is 0.320. The second-order valence-electron chi connectivity index (χ2n) is 17.2. The van der Waals surface area contributed by atoms with Gasteiger partial charge in [-0.05, 0) is 104 Å². The van der Waals surface area contributed by atoms with Crippen LogP contribution in [0.25, 0.3) is 0 Å². The molecule has 0 spiro atoms. The van der Waals surface area contributed by atoms with Crippen LogP contribution in [0.5, 0.6) is 0 Å². The molecule has 0 aromatic heterocycles. The average Bonchev–Trinajstić information content (AvgIpc) is 2.89. The zero-order valence-corrected chi connectivity index (χ0v) is 28.7. The second kappa shape index (κ2) is 10.6. The minimum absolute atomic E-state index is 0.0235. The maximum atomic E-state index is 13.9. The van der Waals surface area contributed by atoms with E-state index in [2.05, 4.69) is 61.5 Å². The van der Waals surface area contributed by atoms with E-state index in [1.807, 2.05) is 0 Å². The Morgan fingerprint density at radius 1 is 0.837 bits per heavy atom. The van der Waals surface area contributed by atoms with Gasteiger partial charge in [-0.3, -0.25) is 14.4 Å². The van der Waals surface area contributed by atoms with Crippen LogP contribution in [0.2, 0.25) is 0 Å². The Balaban J connectivity index is 1.57. The molecule has 6 nitrogen and oxygen atoms in total. The van der Waals surface area contributed by atoms with Crippen LogP contribution in [0, 0.1) is 50.2 Å². The molecule has 5 rings (SSSR count). The Morgan fingerprint density at radius 3 is 2.12 bits per heavy atom. The molecular weight excluding hydrogens is 540 g/mol. The molecule has 6 heteroatoms. The lowest BCUT2D eigenvalue weighted by Gasteiger charge is -2.71. The zero-order chi connectivity index (χ0) is 31.8. The van der Waals surface area contributed by atoms with Crippen LogP contribution in [-0.4, -0.2) is 36.7 Å². The summed E-state index contributed by atoms with van der Waals surface area (Å²) in [7, 11) is 0. The predicted molar refractivity (Wildman–Crippen MR) is 167 cm³/mol. The van der Waals surface area contributed by atoms with E-state index >= 15 is 0 Å². The lowest BCUT2D eigenvalue weighted by molar-refractivity contribution is -0.244.